The minimum absolute atomic E-state index is 0.00258. The van der Waals surface area contributed by atoms with E-state index in [0.717, 1.165) is 22.3 Å². The number of pyridine rings is 1. The first kappa shape index (κ1) is 15.2. The van der Waals surface area contributed by atoms with Crippen LogP contribution in [0, 0.1) is 0 Å². The van der Waals surface area contributed by atoms with E-state index in [-0.39, 0.29) is 5.91 Å². The Morgan fingerprint density at radius 1 is 1.43 bits per heavy atom. The summed E-state index contributed by atoms with van der Waals surface area (Å²) in [6, 6.07) is 9.60. The van der Waals surface area contributed by atoms with E-state index in [2.05, 4.69) is 10.3 Å². The summed E-state index contributed by atoms with van der Waals surface area (Å²) in [4.78, 5) is 18.2. The van der Waals surface area contributed by atoms with E-state index in [1.165, 1.54) is 0 Å². The summed E-state index contributed by atoms with van der Waals surface area (Å²) in [6.45, 7) is 0.571. The first-order chi connectivity index (χ1) is 10.0. The molecule has 0 spiro atoms. The van der Waals surface area contributed by atoms with Crippen LogP contribution in [0.4, 0.5) is 5.82 Å². The second-order valence-electron chi connectivity index (χ2n) is 4.75. The topological polar surface area (TPSA) is 71.2 Å². The lowest BCUT2D eigenvalue weighted by molar-refractivity contribution is -0.120. The highest BCUT2D eigenvalue weighted by atomic mass is 32.1. The molecule has 5 nitrogen and oxygen atoms in total. The van der Waals surface area contributed by atoms with Crippen molar-refractivity contribution in [1.29, 1.82) is 0 Å². The summed E-state index contributed by atoms with van der Waals surface area (Å²) >= 11 is 5.13. The average molecular weight is 302 g/mol. The fourth-order valence-corrected chi connectivity index (χ4v) is 2.24. The largest absolute Gasteiger partial charge is 0.389 e. The number of nitrogens with one attached hydrogen (secondary N) is 1. The summed E-state index contributed by atoms with van der Waals surface area (Å²) in [5, 5.41) is 3.54. The lowest BCUT2D eigenvalue weighted by Crippen LogP contribution is -2.27. The first-order valence-corrected chi connectivity index (χ1v) is 7.05. The molecule has 2 aromatic rings. The van der Waals surface area contributed by atoms with Crippen LogP contribution in [0.5, 0.6) is 0 Å². The third-order valence-electron chi connectivity index (χ3n) is 3.31. The minimum Gasteiger partial charge on any atom is -0.389 e. The molecular formula is C15H18N4OS. The number of carbonyl (C=O) groups excluding carboxylic acids is 1. The van der Waals surface area contributed by atoms with Gasteiger partial charge in [0.25, 0.3) is 0 Å². The normalized spacial score (nSPS) is 10.4. The van der Waals surface area contributed by atoms with Gasteiger partial charge in [0.1, 0.15) is 10.8 Å². The maximum absolute atomic E-state index is 11.3. The third-order valence-corrected chi connectivity index (χ3v) is 3.53. The van der Waals surface area contributed by atoms with Crippen LogP contribution in [-0.4, -0.2) is 36.5 Å². The second kappa shape index (κ2) is 6.49. The maximum atomic E-state index is 11.3. The van der Waals surface area contributed by atoms with Gasteiger partial charge in [-0.15, -0.1) is 0 Å². The SMILES string of the molecule is CNC(=O)CCN(C)c1cc(C(N)=S)c2ccccc2n1. The summed E-state index contributed by atoms with van der Waals surface area (Å²) in [5.74, 6) is 0.748. The minimum atomic E-state index is -0.00258. The number of para-hydroxylation sites is 1. The molecule has 2 rings (SSSR count). The van der Waals surface area contributed by atoms with Gasteiger partial charge in [-0.3, -0.25) is 4.79 Å². The van der Waals surface area contributed by atoms with Gasteiger partial charge < -0.3 is 16.0 Å². The molecule has 0 unspecified atom stereocenters. The Hall–Kier alpha value is -2.21. The second-order valence-corrected chi connectivity index (χ2v) is 5.19. The summed E-state index contributed by atoms with van der Waals surface area (Å²) in [6.07, 6.45) is 0.407. The van der Waals surface area contributed by atoms with Gasteiger partial charge in [-0.25, -0.2) is 4.98 Å². The number of rotatable bonds is 5. The van der Waals surface area contributed by atoms with Gasteiger partial charge in [0.2, 0.25) is 5.91 Å². The number of hydrogen-bond acceptors (Lipinski definition) is 4. The zero-order valence-corrected chi connectivity index (χ0v) is 12.9. The number of carbonyl (C=O) groups is 1. The zero-order chi connectivity index (χ0) is 15.4. The Bertz CT molecular complexity index is 686. The van der Waals surface area contributed by atoms with Crippen LogP contribution in [0.1, 0.15) is 12.0 Å². The van der Waals surface area contributed by atoms with Crippen LogP contribution >= 0.6 is 12.2 Å². The lowest BCUT2D eigenvalue weighted by Gasteiger charge is -2.19. The van der Waals surface area contributed by atoms with E-state index in [1.807, 2.05) is 42.3 Å². The molecule has 0 radical (unpaired) electrons. The number of benzene rings is 1. The van der Waals surface area contributed by atoms with Crippen LogP contribution < -0.4 is 16.0 Å². The van der Waals surface area contributed by atoms with Crippen molar-refractivity contribution < 1.29 is 4.79 Å². The molecule has 110 valence electrons. The molecule has 1 amide bonds. The van der Waals surface area contributed by atoms with Gasteiger partial charge in [0.15, 0.2) is 0 Å². The number of fused-ring (bicyclic) bond motifs is 1. The zero-order valence-electron chi connectivity index (χ0n) is 12.1. The van der Waals surface area contributed by atoms with E-state index >= 15 is 0 Å². The van der Waals surface area contributed by atoms with Gasteiger partial charge in [-0.1, -0.05) is 30.4 Å². The molecule has 1 aromatic carbocycles. The summed E-state index contributed by atoms with van der Waals surface area (Å²) < 4.78 is 0. The monoisotopic (exact) mass is 302 g/mol. The average Bonchev–Trinajstić information content (AvgIpc) is 2.50. The van der Waals surface area contributed by atoms with Crippen molar-refractivity contribution in [2.45, 2.75) is 6.42 Å². The molecule has 0 atom stereocenters. The number of amides is 1. The van der Waals surface area contributed by atoms with E-state index in [9.17, 15) is 4.79 Å². The Morgan fingerprint density at radius 2 is 2.14 bits per heavy atom. The molecule has 0 saturated carbocycles. The van der Waals surface area contributed by atoms with Crippen molar-refractivity contribution in [3.8, 4) is 0 Å². The summed E-state index contributed by atoms with van der Waals surface area (Å²) in [5.41, 5.74) is 7.45. The fraction of sp³-hybridized carbons (Fsp3) is 0.267. The predicted molar refractivity (Wildman–Crippen MR) is 89.6 cm³/mol. The maximum Gasteiger partial charge on any atom is 0.221 e. The Kier molecular flexibility index (Phi) is 4.70. The van der Waals surface area contributed by atoms with E-state index in [1.54, 1.807) is 7.05 Å². The van der Waals surface area contributed by atoms with Crippen molar-refractivity contribution in [2.24, 2.45) is 5.73 Å². The number of aromatic nitrogens is 1. The Balaban J connectivity index is 2.36. The molecule has 3 N–H and O–H groups in total. The van der Waals surface area contributed by atoms with Crippen LogP contribution in [0.15, 0.2) is 30.3 Å². The number of nitrogens with two attached hydrogens (primary N) is 1. The number of anilines is 1. The quantitative estimate of drug-likeness (QED) is 0.818. The molecule has 1 aromatic heterocycles. The van der Waals surface area contributed by atoms with Crippen LogP contribution in [0.25, 0.3) is 10.9 Å². The predicted octanol–water partition coefficient (Wildman–Crippen LogP) is 1.44. The molecular weight excluding hydrogens is 284 g/mol. The Labute approximate surface area is 129 Å². The fourth-order valence-electron chi connectivity index (χ4n) is 2.07. The van der Waals surface area contributed by atoms with Gasteiger partial charge in [0.05, 0.1) is 5.52 Å². The van der Waals surface area contributed by atoms with Crippen molar-refractivity contribution in [2.75, 3.05) is 25.5 Å². The van der Waals surface area contributed by atoms with E-state index in [0.29, 0.717) is 18.0 Å². The van der Waals surface area contributed by atoms with Crippen LogP contribution in [-0.2, 0) is 4.79 Å². The highest BCUT2D eigenvalue weighted by molar-refractivity contribution is 7.80. The molecule has 0 saturated heterocycles. The van der Waals surface area contributed by atoms with Crippen LogP contribution in [0.3, 0.4) is 0 Å². The van der Waals surface area contributed by atoms with Crippen molar-refractivity contribution in [3.63, 3.8) is 0 Å². The molecule has 0 bridgehead atoms. The molecule has 21 heavy (non-hydrogen) atoms. The third kappa shape index (κ3) is 3.46. The van der Waals surface area contributed by atoms with Crippen LogP contribution in [0.2, 0.25) is 0 Å². The molecule has 6 heteroatoms. The molecule has 0 fully saturated rings. The number of hydrogen-bond donors (Lipinski definition) is 2. The van der Waals surface area contributed by atoms with Crippen molar-refractivity contribution in [3.05, 3.63) is 35.9 Å². The van der Waals surface area contributed by atoms with Gasteiger partial charge in [-0.05, 0) is 12.1 Å². The lowest BCUT2D eigenvalue weighted by atomic mass is 10.1. The molecule has 0 aliphatic heterocycles. The highest BCUT2D eigenvalue weighted by Gasteiger charge is 2.11. The van der Waals surface area contributed by atoms with Gasteiger partial charge in [0, 0.05) is 38.0 Å². The van der Waals surface area contributed by atoms with E-state index in [4.69, 9.17) is 18.0 Å². The number of nitrogens with zero attached hydrogens (tertiary/aromatic N) is 2. The standard InChI is InChI=1S/C15H18N4OS/c1-17-14(20)7-8-19(2)13-9-11(15(16)21)10-5-3-4-6-12(10)18-13/h3-6,9H,7-8H2,1-2H3,(H2,16,21)(H,17,20). The Morgan fingerprint density at radius 3 is 2.81 bits per heavy atom. The smallest absolute Gasteiger partial charge is 0.221 e. The highest BCUT2D eigenvalue weighted by Crippen LogP contribution is 2.22. The molecule has 0 aliphatic rings. The van der Waals surface area contributed by atoms with Crippen molar-refractivity contribution >= 4 is 39.8 Å². The van der Waals surface area contributed by atoms with Gasteiger partial charge >= 0.3 is 0 Å². The van der Waals surface area contributed by atoms with Gasteiger partial charge in [-0.2, -0.15) is 0 Å². The summed E-state index contributed by atoms with van der Waals surface area (Å²) in [7, 11) is 3.52. The number of thiocarbonyl (C=S) groups is 1. The van der Waals surface area contributed by atoms with E-state index < -0.39 is 0 Å². The molecule has 1 heterocycles. The molecule has 0 aliphatic carbocycles. The first-order valence-electron chi connectivity index (χ1n) is 6.64. The van der Waals surface area contributed by atoms with Crippen molar-refractivity contribution in [1.82, 2.24) is 10.3 Å².